The highest BCUT2D eigenvalue weighted by Crippen LogP contribution is 2.22. The summed E-state index contributed by atoms with van der Waals surface area (Å²) in [6.07, 6.45) is 0. The van der Waals surface area contributed by atoms with E-state index < -0.39 is 10.5 Å². The van der Waals surface area contributed by atoms with Gasteiger partial charge in [-0.15, -0.1) is 23.2 Å². The van der Waals surface area contributed by atoms with Gasteiger partial charge in [0.1, 0.15) is 0 Å². The summed E-state index contributed by atoms with van der Waals surface area (Å²) < 4.78 is 0. The number of hydrogen-bond acceptors (Lipinski definition) is 4. The first-order valence-corrected chi connectivity index (χ1v) is 6.58. The molecule has 0 aliphatic carbocycles. The third-order valence-electron chi connectivity index (χ3n) is 2.69. The molecule has 1 aromatic heterocycles. The molecule has 0 spiro atoms. The Labute approximate surface area is 119 Å². The highest BCUT2D eigenvalue weighted by Gasteiger charge is 2.23. The van der Waals surface area contributed by atoms with Crippen molar-refractivity contribution in [3.63, 3.8) is 0 Å². The van der Waals surface area contributed by atoms with Crippen molar-refractivity contribution in [1.82, 2.24) is 9.97 Å². The molecule has 102 valence electrons. The van der Waals surface area contributed by atoms with Crippen LogP contribution in [-0.2, 0) is 0 Å². The fourth-order valence-electron chi connectivity index (χ4n) is 1.56. The van der Waals surface area contributed by atoms with Crippen LogP contribution in [0.3, 0.4) is 0 Å². The number of non-ortho nitro benzene ring substituents is 1. The van der Waals surface area contributed by atoms with Gasteiger partial charge in [-0.25, -0.2) is 4.98 Å². The zero-order valence-corrected chi connectivity index (χ0v) is 11.6. The van der Waals surface area contributed by atoms with E-state index in [1.165, 1.54) is 12.1 Å². The van der Waals surface area contributed by atoms with Crippen LogP contribution in [0.1, 0.15) is 6.92 Å². The lowest BCUT2D eigenvalue weighted by molar-refractivity contribution is -0.384. The van der Waals surface area contributed by atoms with Gasteiger partial charge in [-0.2, -0.15) is 0 Å². The Morgan fingerprint density at radius 1 is 1.47 bits per heavy atom. The van der Waals surface area contributed by atoms with E-state index in [1.54, 1.807) is 6.07 Å². The van der Waals surface area contributed by atoms with Gasteiger partial charge in [-0.3, -0.25) is 10.1 Å². The summed E-state index contributed by atoms with van der Waals surface area (Å²) in [7, 11) is 0. The number of alkyl halides is 2. The van der Waals surface area contributed by atoms with Crippen molar-refractivity contribution >= 4 is 45.9 Å². The summed E-state index contributed by atoms with van der Waals surface area (Å²) in [6.45, 7) is 1.86. The molecule has 0 fully saturated rings. The fourth-order valence-corrected chi connectivity index (χ4v) is 1.98. The number of fused-ring (bicyclic) bond motifs is 1. The first-order chi connectivity index (χ1) is 8.97. The highest BCUT2D eigenvalue weighted by atomic mass is 35.5. The number of nitro groups is 1. The van der Waals surface area contributed by atoms with Crippen molar-refractivity contribution in [3.8, 4) is 0 Å². The van der Waals surface area contributed by atoms with Crippen LogP contribution in [0.5, 0.6) is 0 Å². The average Bonchev–Trinajstić information content (AvgIpc) is 2.79. The second-order valence-electron chi connectivity index (χ2n) is 4.50. The number of imidazole rings is 1. The second kappa shape index (κ2) is 5.22. The van der Waals surface area contributed by atoms with Gasteiger partial charge in [0.15, 0.2) is 0 Å². The maximum atomic E-state index is 10.7. The number of benzene rings is 1. The van der Waals surface area contributed by atoms with Gasteiger partial charge in [0.25, 0.3) is 5.69 Å². The molecule has 0 bridgehead atoms. The number of hydrogen-bond donors (Lipinski definition) is 2. The summed E-state index contributed by atoms with van der Waals surface area (Å²) >= 11 is 11.7. The van der Waals surface area contributed by atoms with Crippen molar-refractivity contribution in [3.05, 3.63) is 28.3 Å². The number of nitrogens with one attached hydrogen (secondary N) is 2. The maximum Gasteiger partial charge on any atom is 0.271 e. The number of aromatic nitrogens is 2. The fraction of sp³-hybridized carbons (Fsp3) is 0.364. The summed E-state index contributed by atoms with van der Waals surface area (Å²) in [5.41, 5.74) is 0.742. The Morgan fingerprint density at radius 2 is 2.16 bits per heavy atom. The van der Waals surface area contributed by atoms with Crippen molar-refractivity contribution in [2.45, 2.75) is 12.5 Å². The van der Waals surface area contributed by atoms with Crippen molar-refractivity contribution in [1.29, 1.82) is 0 Å². The van der Waals surface area contributed by atoms with E-state index in [0.717, 1.165) is 0 Å². The van der Waals surface area contributed by atoms with E-state index in [9.17, 15) is 10.1 Å². The molecule has 0 unspecified atom stereocenters. The Balaban J connectivity index is 2.34. The van der Waals surface area contributed by atoms with Crippen molar-refractivity contribution in [2.75, 3.05) is 17.1 Å². The maximum absolute atomic E-state index is 10.7. The third kappa shape index (κ3) is 2.90. The molecule has 2 rings (SSSR count). The smallest absolute Gasteiger partial charge is 0.271 e. The van der Waals surface area contributed by atoms with E-state index in [4.69, 9.17) is 23.2 Å². The predicted molar refractivity (Wildman–Crippen MR) is 76.2 cm³/mol. The quantitative estimate of drug-likeness (QED) is 0.505. The van der Waals surface area contributed by atoms with Crippen LogP contribution in [0, 0.1) is 10.1 Å². The van der Waals surface area contributed by atoms with Crippen LogP contribution in [-0.4, -0.2) is 32.2 Å². The van der Waals surface area contributed by atoms with Crippen LogP contribution in [0.25, 0.3) is 11.0 Å². The Bertz CT molecular complexity index is 610. The van der Waals surface area contributed by atoms with E-state index in [0.29, 0.717) is 28.7 Å². The van der Waals surface area contributed by atoms with Gasteiger partial charge >= 0.3 is 0 Å². The van der Waals surface area contributed by atoms with Crippen LogP contribution < -0.4 is 5.32 Å². The lowest BCUT2D eigenvalue weighted by Crippen LogP contribution is -2.39. The van der Waals surface area contributed by atoms with Crippen LogP contribution >= 0.6 is 23.2 Å². The lowest BCUT2D eigenvalue weighted by atomic mass is 10.1. The number of rotatable bonds is 5. The molecule has 0 saturated heterocycles. The first-order valence-electron chi connectivity index (χ1n) is 5.52. The zero-order chi connectivity index (χ0) is 14.0. The minimum atomic E-state index is -0.497. The summed E-state index contributed by atoms with van der Waals surface area (Å²) in [5.74, 6) is 1.11. The van der Waals surface area contributed by atoms with E-state index in [1.807, 2.05) is 6.92 Å². The molecule has 0 aliphatic heterocycles. The topological polar surface area (TPSA) is 83.8 Å². The molecule has 0 radical (unpaired) electrons. The average molecular weight is 303 g/mol. The Morgan fingerprint density at radius 3 is 2.74 bits per heavy atom. The standard InChI is InChI=1S/C11H12Cl2N4O2/c1-11(5-12,6-13)16-10-14-8-3-2-7(17(18)19)4-9(8)15-10/h2-4H,5-6H2,1H3,(H2,14,15,16). The molecule has 2 aromatic rings. The van der Waals surface area contributed by atoms with Crippen molar-refractivity contribution in [2.24, 2.45) is 0 Å². The van der Waals surface area contributed by atoms with Gasteiger partial charge < -0.3 is 10.3 Å². The van der Waals surface area contributed by atoms with Gasteiger partial charge in [0.05, 0.1) is 21.5 Å². The van der Waals surface area contributed by atoms with Gasteiger partial charge in [0, 0.05) is 23.9 Å². The lowest BCUT2D eigenvalue weighted by Gasteiger charge is -2.25. The van der Waals surface area contributed by atoms with Crippen LogP contribution in [0.15, 0.2) is 18.2 Å². The largest absolute Gasteiger partial charge is 0.348 e. The summed E-state index contributed by atoms with van der Waals surface area (Å²) in [5, 5.41) is 13.8. The Kier molecular flexibility index (Phi) is 3.82. The monoisotopic (exact) mass is 302 g/mol. The molecule has 2 N–H and O–H groups in total. The minimum Gasteiger partial charge on any atom is -0.348 e. The molecular formula is C11H12Cl2N4O2. The molecule has 6 nitrogen and oxygen atoms in total. The van der Waals surface area contributed by atoms with Crippen molar-refractivity contribution < 1.29 is 4.92 Å². The van der Waals surface area contributed by atoms with E-state index >= 15 is 0 Å². The van der Waals surface area contributed by atoms with E-state index in [2.05, 4.69) is 15.3 Å². The van der Waals surface area contributed by atoms with Crippen LogP contribution in [0.4, 0.5) is 11.6 Å². The van der Waals surface area contributed by atoms with Gasteiger partial charge in [-0.1, -0.05) is 0 Å². The number of nitrogens with zero attached hydrogens (tertiary/aromatic N) is 2. The van der Waals surface area contributed by atoms with Gasteiger partial charge in [-0.05, 0) is 13.0 Å². The van der Waals surface area contributed by atoms with Crippen LogP contribution in [0.2, 0.25) is 0 Å². The molecule has 8 heteroatoms. The van der Waals surface area contributed by atoms with Gasteiger partial charge in [0.2, 0.25) is 5.95 Å². The number of anilines is 1. The highest BCUT2D eigenvalue weighted by molar-refractivity contribution is 6.22. The summed E-state index contributed by atoms with van der Waals surface area (Å²) in [6, 6.07) is 4.44. The number of aromatic amines is 1. The Hall–Kier alpha value is -1.53. The molecule has 1 aromatic carbocycles. The summed E-state index contributed by atoms with van der Waals surface area (Å²) in [4.78, 5) is 17.5. The molecule has 0 aliphatic rings. The molecule has 0 atom stereocenters. The molecule has 1 heterocycles. The minimum absolute atomic E-state index is 0.0140. The number of halogens is 2. The third-order valence-corrected chi connectivity index (χ3v) is 3.87. The molecular weight excluding hydrogens is 291 g/mol. The predicted octanol–water partition coefficient (Wildman–Crippen LogP) is 3.12. The molecule has 0 amide bonds. The molecule has 19 heavy (non-hydrogen) atoms. The first kappa shape index (κ1) is 13.9. The number of H-pyrrole nitrogens is 1. The SMILES string of the molecule is CC(CCl)(CCl)Nc1nc2ccc([N+](=O)[O-])cc2[nH]1. The number of nitro benzene ring substituents is 1. The normalized spacial score (nSPS) is 11.7. The zero-order valence-electron chi connectivity index (χ0n) is 10.1. The van der Waals surface area contributed by atoms with E-state index in [-0.39, 0.29) is 5.69 Å². The second-order valence-corrected chi connectivity index (χ2v) is 5.03. The molecule has 0 saturated carbocycles.